The molecule has 0 aliphatic heterocycles. The van der Waals surface area contributed by atoms with E-state index in [0.717, 1.165) is 0 Å². The lowest BCUT2D eigenvalue weighted by Crippen LogP contribution is -2.16. The molecule has 0 unspecified atom stereocenters. The number of aromatic nitrogens is 3. The number of carbonyl (C=O) groups excluding carboxylic acids is 1. The molecular weight excluding hydrogens is 306 g/mol. The molecule has 2 rings (SSSR count). The third-order valence-electron chi connectivity index (χ3n) is 2.45. The van der Waals surface area contributed by atoms with Gasteiger partial charge in [0.25, 0.3) is 0 Å². The Balaban J connectivity index is 2.07. The standard InChI is InChI=1S/C12H11ClF2N4O2/c1-19-6-7(10(13)18-19)5-9(20)17-11-8(21-12(14)15)3-2-4-16-11/h2-4,6,12H,5H2,1H3,(H,16,17,20). The van der Waals surface area contributed by atoms with Gasteiger partial charge in [0.05, 0.1) is 6.42 Å². The van der Waals surface area contributed by atoms with E-state index < -0.39 is 12.5 Å². The largest absolute Gasteiger partial charge is 0.431 e. The highest BCUT2D eigenvalue weighted by Gasteiger charge is 2.15. The molecule has 0 aliphatic rings. The van der Waals surface area contributed by atoms with E-state index in [9.17, 15) is 13.6 Å². The maximum Gasteiger partial charge on any atom is 0.387 e. The summed E-state index contributed by atoms with van der Waals surface area (Å²) in [5, 5.41) is 6.49. The van der Waals surface area contributed by atoms with Crippen molar-refractivity contribution in [1.82, 2.24) is 14.8 Å². The molecule has 0 radical (unpaired) electrons. The van der Waals surface area contributed by atoms with Crippen molar-refractivity contribution in [2.24, 2.45) is 7.05 Å². The second kappa shape index (κ2) is 6.49. The van der Waals surface area contributed by atoms with Gasteiger partial charge in [-0.15, -0.1) is 0 Å². The first-order valence-electron chi connectivity index (χ1n) is 5.83. The van der Waals surface area contributed by atoms with E-state index in [0.29, 0.717) is 5.56 Å². The molecule has 112 valence electrons. The van der Waals surface area contributed by atoms with Crippen LogP contribution < -0.4 is 10.1 Å². The highest BCUT2D eigenvalue weighted by Crippen LogP contribution is 2.23. The minimum atomic E-state index is -3.00. The molecule has 9 heteroatoms. The zero-order valence-corrected chi connectivity index (χ0v) is 11.6. The second-order valence-corrected chi connectivity index (χ2v) is 4.43. The molecule has 0 saturated heterocycles. The Hall–Kier alpha value is -2.22. The number of halogens is 3. The van der Waals surface area contributed by atoms with Gasteiger partial charge in [0.15, 0.2) is 16.7 Å². The molecule has 1 N–H and O–H groups in total. The molecule has 21 heavy (non-hydrogen) atoms. The number of pyridine rings is 1. The summed E-state index contributed by atoms with van der Waals surface area (Å²) in [6.07, 6.45) is 2.89. The smallest absolute Gasteiger partial charge is 0.387 e. The first-order valence-corrected chi connectivity index (χ1v) is 6.21. The fraction of sp³-hybridized carbons (Fsp3) is 0.250. The number of rotatable bonds is 5. The number of nitrogens with one attached hydrogen (secondary N) is 1. The third-order valence-corrected chi connectivity index (χ3v) is 2.77. The molecule has 2 aromatic heterocycles. The maximum absolute atomic E-state index is 12.2. The Kier molecular flexibility index (Phi) is 4.69. The number of alkyl halides is 2. The second-order valence-electron chi connectivity index (χ2n) is 4.07. The minimum absolute atomic E-state index is 0.0582. The van der Waals surface area contributed by atoms with Crippen LogP contribution in [0.15, 0.2) is 24.5 Å². The van der Waals surface area contributed by atoms with E-state index in [-0.39, 0.29) is 23.1 Å². The van der Waals surface area contributed by atoms with Gasteiger partial charge < -0.3 is 10.1 Å². The van der Waals surface area contributed by atoms with Gasteiger partial charge in [-0.25, -0.2) is 4.98 Å². The summed E-state index contributed by atoms with van der Waals surface area (Å²) in [4.78, 5) is 15.7. The van der Waals surface area contributed by atoms with Gasteiger partial charge in [-0.1, -0.05) is 11.6 Å². The molecular formula is C12H11ClF2N4O2. The van der Waals surface area contributed by atoms with Crippen molar-refractivity contribution in [3.63, 3.8) is 0 Å². The summed E-state index contributed by atoms with van der Waals surface area (Å²) in [6.45, 7) is -3.00. The van der Waals surface area contributed by atoms with Crippen LogP contribution in [0, 0.1) is 0 Å². The van der Waals surface area contributed by atoms with E-state index in [1.54, 1.807) is 13.2 Å². The van der Waals surface area contributed by atoms with E-state index >= 15 is 0 Å². The van der Waals surface area contributed by atoms with Crippen molar-refractivity contribution >= 4 is 23.3 Å². The van der Waals surface area contributed by atoms with Crippen molar-refractivity contribution in [3.8, 4) is 5.75 Å². The Morgan fingerprint density at radius 3 is 2.95 bits per heavy atom. The first-order chi connectivity index (χ1) is 9.95. The predicted octanol–water partition coefficient (Wildman–Crippen LogP) is 2.25. The van der Waals surface area contributed by atoms with Gasteiger partial charge in [0, 0.05) is 25.0 Å². The Morgan fingerprint density at radius 1 is 1.57 bits per heavy atom. The molecule has 0 saturated carbocycles. The first kappa shape index (κ1) is 15.2. The van der Waals surface area contributed by atoms with Gasteiger partial charge in [-0.05, 0) is 12.1 Å². The normalized spacial score (nSPS) is 10.7. The highest BCUT2D eigenvalue weighted by molar-refractivity contribution is 6.30. The summed E-state index contributed by atoms with van der Waals surface area (Å²) in [5.41, 5.74) is 0.518. The number of amides is 1. The molecule has 0 fully saturated rings. The summed E-state index contributed by atoms with van der Waals surface area (Å²) < 4.78 is 30.2. The molecule has 0 atom stereocenters. The fourth-order valence-electron chi connectivity index (χ4n) is 1.65. The molecule has 0 spiro atoms. The topological polar surface area (TPSA) is 69.0 Å². The molecule has 1 amide bonds. The van der Waals surface area contributed by atoms with E-state index in [1.165, 1.54) is 23.0 Å². The van der Waals surface area contributed by atoms with E-state index in [2.05, 4.69) is 20.1 Å². The number of nitrogens with zero attached hydrogens (tertiary/aromatic N) is 3. The highest BCUT2D eigenvalue weighted by atomic mass is 35.5. The van der Waals surface area contributed by atoms with Crippen LogP contribution in [0.2, 0.25) is 5.15 Å². The van der Waals surface area contributed by atoms with Crippen LogP contribution in [-0.4, -0.2) is 27.3 Å². The third kappa shape index (κ3) is 4.12. The molecule has 2 aromatic rings. The lowest BCUT2D eigenvalue weighted by molar-refractivity contribution is -0.115. The molecule has 2 heterocycles. The van der Waals surface area contributed by atoms with Crippen molar-refractivity contribution in [2.75, 3.05) is 5.32 Å². The number of ether oxygens (including phenoxy) is 1. The van der Waals surface area contributed by atoms with Crippen LogP contribution in [0.25, 0.3) is 0 Å². The molecule has 0 aliphatic carbocycles. The van der Waals surface area contributed by atoms with Crippen molar-refractivity contribution < 1.29 is 18.3 Å². The van der Waals surface area contributed by atoms with Crippen molar-refractivity contribution in [2.45, 2.75) is 13.0 Å². The van der Waals surface area contributed by atoms with E-state index in [4.69, 9.17) is 11.6 Å². The number of carbonyl (C=O) groups is 1. The Morgan fingerprint density at radius 2 is 2.33 bits per heavy atom. The molecule has 0 bridgehead atoms. The minimum Gasteiger partial charge on any atom is -0.431 e. The molecule has 0 aromatic carbocycles. The lowest BCUT2D eigenvalue weighted by Gasteiger charge is -2.10. The van der Waals surface area contributed by atoms with Gasteiger partial charge in [-0.3, -0.25) is 9.48 Å². The van der Waals surface area contributed by atoms with Gasteiger partial charge >= 0.3 is 6.61 Å². The van der Waals surface area contributed by atoms with Crippen molar-refractivity contribution in [3.05, 3.63) is 35.2 Å². The van der Waals surface area contributed by atoms with Crippen LogP contribution in [-0.2, 0) is 18.3 Å². The average Bonchev–Trinajstić information content (AvgIpc) is 2.69. The Bertz CT molecular complexity index is 648. The summed E-state index contributed by atoms with van der Waals surface area (Å²) >= 11 is 5.84. The van der Waals surface area contributed by atoms with Crippen molar-refractivity contribution in [1.29, 1.82) is 0 Å². The SMILES string of the molecule is Cn1cc(CC(=O)Nc2ncccc2OC(F)F)c(Cl)n1. The van der Waals surface area contributed by atoms with Gasteiger partial charge in [0.2, 0.25) is 5.91 Å². The summed E-state index contributed by atoms with van der Waals surface area (Å²) in [6, 6.07) is 2.71. The van der Waals surface area contributed by atoms with Crippen LogP contribution in [0.3, 0.4) is 0 Å². The van der Waals surface area contributed by atoms with Gasteiger partial charge in [0.1, 0.15) is 0 Å². The number of hydrogen-bond acceptors (Lipinski definition) is 4. The van der Waals surface area contributed by atoms with Gasteiger partial charge in [-0.2, -0.15) is 13.9 Å². The Labute approximate surface area is 123 Å². The van der Waals surface area contributed by atoms with Crippen LogP contribution >= 0.6 is 11.6 Å². The fourth-order valence-corrected chi connectivity index (χ4v) is 1.89. The number of aryl methyl sites for hydroxylation is 1. The zero-order chi connectivity index (χ0) is 15.4. The number of anilines is 1. The maximum atomic E-state index is 12.2. The predicted molar refractivity (Wildman–Crippen MR) is 71.4 cm³/mol. The van der Waals surface area contributed by atoms with Crippen LogP contribution in [0.1, 0.15) is 5.56 Å². The quantitative estimate of drug-likeness (QED) is 0.918. The van der Waals surface area contributed by atoms with Crippen LogP contribution in [0.5, 0.6) is 5.75 Å². The van der Waals surface area contributed by atoms with Crippen LogP contribution in [0.4, 0.5) is 14.6 Å². The molecule has 6 nitrogen and oxygen atoms in total. The number of hydrogen-bond donors (Lipinski definition) is 1. The zero-order valence-electron chi connectivity index (χ0n) is 10.9. The van der Waals surface area contributed by atoms with E-state index in [1.807, 2.05) is 0 Å². The lowest BCUT2D eigenvalue weighted by atomic mass is 10.2. The summed E-state index contributed by atoms with van der Waals surface area (Å²) in [7, 11) is 1.67. The monoisotopic (exact) mass is 316 g/mol. The summed E-state index contributed by atoms with van der Waals surface area (Å²) in [5.74, 6) is -0.760. The average molecular weight is 317 g/mol.